The molecule has 0 saturated heterocycles. The van der Waals surface area contributed by atoms with Crippen molar-refractivity contribution < 1.29 is 19.4 Å². The van der Waals surface area contributed by atoms with Gasteiger partial charge in [-0.3, -0.25) is 4.79 Å². The van der Waals surface area contributed by atoms with Gasteiger partial charge in [0, 0.05) is 22.0 Å². The van der Waals surface area contributed by atoms with Crippen LogP contribution in [-0.4, -0.2) is 33.7 Å². The van der Waals surface area contributed by atoms with Crippen molar-refractivity contribution in [1.82, 2.24) is 9.88 Å². The van der Waals surface area contributed by atoms with Crippen LogP contribution in [0.5, 0.6) is 5.75 Å². The minimum absolute atomic E-state index is 0.327. The van der Waals surface area contributed by atoms with Crippen LogP contribution < -0.4 is 10.1 Å². The normalized spacial score (nSPS) is 16.2. The first kappa shape index (κ1) is 23.5. The lowest BCUT2D eigenvalue weighted by atomic mass is 9.81. The Balaban J connectivity index is 1.66. The molecular weight excluding hydrogens is 440 g/mol. The zero-order valence-electron chi connectivity index (χ0n) is 20.6. The summed E-state index contributed by atoms with van der Waals surface area (Å²) in [5, 5.41) is 13.8. The Hall–Kier alpha value is -3.28. The van der Waals surface area contributed by atoms with E-state index < -0.39 is 11.5 Å². The molecule has 184 valence electrons. The summed E-state index contributed by atoms with van der Waals surface area (Å²) in [5.74, 6) is 0.0363. The van der Waals surface area contributed by atoms with Gasteiger partial charge < -0.3 is 19.7 Å². The molecular formula is C29H34N2O4. The Morgan fingerprint density at radius 1 is 1.09 bits per heavy atom. The van der Waals surface area contributed by atoms with E-state index in [1.807, 2.05) is 24.3 Å². The van der Waals surface area contributed by atoms with Crippen molar-refractivity contribution in [2.75, 3.05) is 6.61 Å². The Kier molecular flexibility index (Phi) is 6.30. The molecule has 1 aromatic heterocycles. The van der Waals surface area contributed by atoms with Gasteiger partial charge in [0.25, 0.3) is 5.91 Å². The van der Waals surface area contributed by atoms with Crippen LogP contribution in [0.25, 0.3) is 22.2 Å². The summed E-state index contributed by atoms with van der Waals surface area (Å²) in [4.78, 5) is 25.2. The number of hydrogen-bond donors (Lipinski definition) is 2. The van der Waals surface area contributed by atoms with Crippen molar-refractivity contribution >= 4 is 22.8 Å². The molecule has 2 heterocycles. The fraction of sp³-hybridized carbons (Fsp3) is 0.448. The van der Waals surface area contributed by atoms with E-state index in [0.717, 1.165) is 16.8 Å². The number of aromatic nitrogens is 1. The maximum absolute atomic E-state index is 13.3. The van der Waals surface area contributed by atoms with Gasteiger partial charge in [0.15, 0.2) is 0 Å². The number of carbonyl (C=O) groups excluding carboxylic acids is 1. The van der Waals surface area contributed by atoms with Crippen molar-refractivity contribution in [2.24, 2.45) is 0 Å². The minimum atomic E-state index is -1.26. The summed E-state index contributed by atoms with van der Waals surface area (Å²) in [7, 11) is 0. The Labute approximate surface area is 206 Å². The second kappa shape index (κ2) is 9.40. The zero-order valence-corrected chi connectivity index (χ0v) is 20.6. The maximum atomic E-state index is 13.3. The largest absolute Gasteiger partial charge is 0.491 e. The standard InChI is InChI=1S/C29H34N2O4/c1-3-29(4-2,28(33)34)30-27(32)20-14-15-21-23(18-20)31-16-17-35-24-13-9-8-12-22(24)26(31)25(21)19-10-6-5-7-11-19/h8-9,12-15,18-19H,3-7,10-11,16-17H2,1-2H3,(H,30,32)(H,33,34). The van der Waals surface area contributed by atoms with Crippen molar-refractivity contribution in [3.63, 3.8) is 0 Å². The van der Waals surface area contributed by atoms with Crippen LogP contribution in [0.3, 0.4) is 0 Å². The molecule has 6 heteroatoms. The summed E-state index contributed by atoms with van der Waals surface area (Å²) in [5.41, 5.74) is 3.92. The summed E-state index contributed by atoms with van der Waals surface area (Å²) in [6.45, 7) is 4.84. The van der Waals surface area contributed by atoms with E-state index in [4.69, 9.17) is 4.74 Å². The smallest absolute Gasteiger partial charge is 0.329 e. The lowest BCUT2D eigenvalue weighted by Crippen LogP contribution is -2.53. The fourth-order valence-electron chi connectivity index (χ4n) is 5.95. The molecule has 0 atom stereocenters. The Morgan fingerprint density at radius 2 is 1.83 bits per heavy atom. The number of nitrogens with one attached hydrogen (secondary N) is 1. The molecule has 2 N–H and O–H groups in total. The molecule has 6 nitrogen and oxygen atoms in total. The average Bonchev–Trinajstić information content (AvgIpc) is 3.08. The van der Waals surface area contributed by atoms with E-state index in [0.29, 0.717) is 37.5 Å². The van der Waals surface area contributed by atoms with Crippen molar-refractivity contribution in [3.05, 3.63) is 53.6 Å². The number of para-hydroxylation sites is 1. The number of fused-ring (bicyclic) bond motifs is 5. The molecule has 1 aliphatic carbocycles. The van der Waals surface area contributed by atoms with E-state index in [2.05, 4.69) is 28.1 Å². The highest BCUT2D eigenvalue weighted by Crippen LogP contribution is 2.47. The lowest BCUT2D eigenvalue weighted by Gasteiger charge is -2.28. The molecule has 1 saturated carbocycles. The predicted molar refractivity (Wildman–Crippen MR) is 137 cm³/mol. The number of amides is 1. The molecule has 2 aliphatic rings. The van der Waals surface area contributed by atoms with Crippen LogP contribution in [0.2, 0.25) is 0 Å². The van der Waals surface area contributed by atoms with Crippen molar-refractivity contribution in [2.45, 2.75) is 76.8 Å². The second-order valence-corrected chi connectivity index (χ2v) is 9.87. The second-order valence-electron chi connectivity index (χ2n) is 9.87. The summed E-state index contributed by atoms with van der Waals surface area (Å²) in [6.07, 6.45) is 6.76. The van der Waals surface area contributed by atoms with Gasteiger partial charge in [-0.25, -0.2) is 4.79 Å². The van der Waals surface area contributed by atoms with Gasteiger partial charge in [-0.1, -0.05) is 51.3 Å². The number of rotatable bonds is 6. The third-order valence-electron chi connectivity index (χ3n) is 8.06. The first-order valence-electron chi connectivity index (χ1n) is 12.9. The van der Waals surface area contributed by atoms with Gasteiger partial charge in [-0.05, 0) is 61.4 Å². The molecule has 3 aromatic rings. The van der Waals surface area contributed by atoms with Crippen LogP contribution in [0, 0.1) is 0 Å². The molecule has 5 rings (SSSR count). The van der Waals surface area contributed by atoms with Gasteiger partial charge in [-0.2, -0.15) is 0 Å². The Bertz CT molecular complexity index is 1270. The summed E-state index contributed by atoms with van der Waals surface area (Å²) >= 11 is 0. The molecule has 0 unspecified atom stereocenters. The van der Waals surface area contributed by atoms with E-state index in [-0.39, 0.29) is 5.91 Å². The fourth-order valence-corrected chi connectivity index (χ4v) is 5.95. The van der Waals surface area contributed by atoms with E-state index in [1.165, 1.54) is 48.7 Å². The van der Waals surface area contributed by atoms with Crippen molar-refractivity contribution in [3.8, 4) is 17.0 Å². The molecule has 1 amide bonds. The highest BCUT2D eigenvalue weighted by molar-refractivity contribution is 6.02. The van der Waals surface area contributed by atoms with E-state index in [1.54, 1.807) is 13.8 Å². The van der Waals surface area contributed by atoms with Gasteiger partial charge in [0.2, 0.25) is 0 Å². The number of ether oxygens (including phenoxy) is 1. The molecule has 2 aromatic carbocycles. The third-order valence-corrected chi connectivity index (χ3v) is 8.06. The molecule has 1 aliphatic heterocycles. The average molecular weight is 475 g/mol. The highest BCUT2D eigenvalue weighted by Gasteiger charge is 2.37. The molecule has 0 radical (unpaired) electrons. The lowest BCUT2D eigenvalue weighted by molar-refractivity contribution is -0.144. The van der Waals surface area contributed by atoms with Crippen molar-refractivity contribution in [1.29, 1.82) is 0 Å². The SMILES string of the molecule is CCC(CC)(NC(=O)c1ccc2c(C3CCCCC3)c3n(c2c1)CCOc1ccccc1-3)C(=O)O. The predicted octanol–water partition coefficient (Wildman–Crippen LogP) is 6.12. The van der Waals surface area contributed by atoms with Gasteiger partial charge in [0.05, 0.1) is 12.2 Å². The minimum Gasteiger partial charge on any atom is -0.491 e. The number of carboxylic acid groups (broad SMARTS) is 1. The number of aliphatic carboxylic acids is 1. The third kappa shape index (κ3) is 3.99. The summed E-state index contributed by atoms with van der Waals surface area (Å²) < 4.78 is 8.43. The van der Waals surface area contributed by atoms with Crippen LogP contribution >= 0.6 is 0 Å². The topological polar surface area (TPSA) is 80.6 Å². The van der Waals surface area contributed by atoms with E-state index >= 15 is 0 Å². The van der Waals surface area contributed by atoms with Crippen LogP contribution in [0.1, 0.15) is 80.6 Å². The molecule has 0 bridgehead atoms. The van der Waals surface area contributed by atoms with Crippen LogP contribution in [0.15, 0.2) is 42.5 Å². The zero-order chi connectivity index (χ0) is 24.6. The van der Waals surface area contributed by atoms with Gasteiger partial charge in [-0.15, -0.1) is 0 Å². The van der Waals surface area contributed by atoms with Gasteiger partial charge >= 0.3 is 5.97 Å². The molecule has 1 fully saturated rings. The number of hydrogen-bond acceptors (Lipinski definition) is 3. The Morgan fingerprint density at radius 3 is 2.54 bits per heavy atom. The monoisotopic (exact) mass is 474 g/mol. The number of nitrogens with zero attached hydrogens (tertiary/aromatic N) is 1. The van der Waals surface area contributed by atoms with E-state index in [9.17, 15) is 14.7 Å². The highest BCUT2D eigenvalue weighted by atomic mass is 16.5. The first-order valence-corrected chi connectivity index (χ1v) is 12.9. The maximum Gasteiger partial charge on any atom is 0.329 e. The van der Waals surface area contributed by atoms with Crippen LogP contribution in [-0.2, 0) is 11.3 Å². The molecule has 0 spiro atoms. The van der Waals surface area contributed by atoms with Crippen LogP contribution in [0.4, 0.5) is 0 Å². The molecule has 35 heavy (non-hydrogen) atoms. The first-order chi connectivity index (χ1) is 17.0. The quantitative estimate of drug-likeness (QED) is 0.451. The number of carbonyl (C=O) groups is 2. The number of carboxylic acids is 1. The van der Waals surface area contributed by atoms with Gasteiger partial charge in [0.1, 0.15) is 17.9 Å². The summed E-state index contributed by atoms with van der Waals surface area (Å²) in [6, 6.07) is 14.1. The number of benzene rings is 2.